The van der Waals surface area contributed by atoms with Crippen LogP contribution in [0.2, 0.25) is 0 Å². The summed E-state index contributed by atoms with van der Waals surface area (Å²) in [5, 5.41) is 13.4. The van der Waals surface area contributed by atoms with Crippen molar-refractivity contribution in [3.8, 4) is 0 Å². The molecule has 1 aliphatic rings. The summed E-state index contributed by atoms with van der Waals surface area (Å²) in [4.78, 5) is 16.7. The Labute approximate surface area is 230 Å². The van der Waals surface area contributed by atoms with Crippen LogP contribution in [0, 0.1) is 0 Å². The Balaban J connectivity index is 1.99. The number of aromatic nitrogens is 1. The van der Waals surface area contributed by atoms with Gasteiger partial charge in [-0.1, -0.05) is 0 Å². The molecular formula is C24H23BrF9N3O3. The molecule has 2 atom stereocenters. The number of amides is 1. The van der Waals surface area contributed by atoms with E-state index >= 15 is 0 Å². The Bertz CT molecular complexity index is 1230. The predicted octanol–water partition coefficient (Wildman–Crippen LogP) is 6.94. The quantitative estimate of drug-likeness (QED) is 0.277. The highest BCUT2D eigenvalue weighted by atomic mass is 79.9. The zero-order valence-electron chi connectivity index (χ0n) is 21.0. The minimum absolute atomic E-state index is 0.0173. The number of carbonyl (C=O) groups is 1. The normalized spacial score (nSPS) is 20.6. The van der Waals surface area contributed by atoms with E-state index in [4.69, 9.17) is 4.74 Å². The van der Waals surface area contributed by atoms with Crippen LogP contribution in [0.3, 0.4) is 0 Å². The van der Waals surface area contributed by atoms with Crippen molar-refractivity contribution in [3.05, 3.63) is 57.2 Å². The molecule has 3 rings (SSSR count). The van der Waals surface area contributed by atoms with E-state index in [2.05, 4.69) is 26.2 Å². The third-order valence-electron chi connectivity index (χ3n) is 6.13. The van der Waals surface area contributed by atoms with Gasteiger partial charge < -0.3 is 20.1 Å². The number of pyridine rings is 1. The molecule has 1 fully saturated rings. The van der Waals surface area contributed by atoms with E-state index in [1.807, 2.05) is 0 Å². The van der Waals surface area contributed by atoms with Gasteiger partial charge in [0.15, 0.2) is 0 Å². The van der Waals surface area contributed by atoms with Gasteiger partial charge in [0.05, 0.1) is 11.1 Å². The van der Waals surface area contributed by atoms with Crippen LogP contribution in [-0.4, -0.2) is 40.7 Å². The van der Waals surface area contributed by atoms with E-state index < -0.39 is 71.5 Å². The molecule has 2 heterocycles. The Morgan fingerprint density at radius 3 is 2.05 bits per heavy atom. The molecule has 1 aromatic carbocycles. The SMILES string of the molecule is CC(C)(C)NC(=O)OCc1ccc(N2CCC(c3cc(C(F)(F)F)cc(C(F)(F)F)c3)(C(F)(F)F)C2O)nc1Br. The van der Waals surface area contributed by atoms with Gasteiger partial charge in [0.1, 0.15) is 28.7 Å². The summed E-state index contributed by atoms with van der Waals surface area (Å²) in [6.45, 7) is 4.24. The number of benzene rings is 1. The minimum Gasteiger partial charge on any atom is -0.445 e. The first-order valence-electron chi connectivity index (χ1n) is 11.5. The maximum absolute atomic E-state index is 14.5. The van der Waals surface area contributed by atoms with Crippen molar-refractivity contribution >= 4 is 27.8 Å². The lowest BCUT2D eigenvalue weighted by Gasteiger charge is -2.37. The number of nitrogens with zero attached hydrogens (tertiary/aromatic N) is 2. The van der Waals surface area contributed by atoms with Gasteiger partial charge in [0.2, 0.25) is 0 Å². The van der Waals surface area contributed by atoms with Crippen LogP contribution in [0.15, 0.2) is 34.9 Å². The highest BCUT2D eigenvalue weighted by Gasteiger charge is 2.65. The summed E-state index contributed by atoms with van der Waals surface area (Å²) in [5.74, 6) is -0.253. The Kier molecular flexibility index (Phi) is 8.40. The van der Waals surface area contributed by atoms with Crippen molar-refractivity contribution < 1.29 is 54.2 Å². The summed E-state index contributed by atoms with van der Waals surface area (Å²) < 4.78 is 129. The Hall–Kier alpha value is -2.75. The van der Waals surface area contributed by atoms with Crippen molar-refractivity contribution in [1.29, 1.82) is 0 Å². The zero-order chi connectivity index (χ0) is 30.5. The Morgan fingerprint density at radius 2 is 1.60 bits per heavy atom. The van der Waals surface area contributed by atoms with Crippen molar-refractivity contribution in [2.24, 2.45) is 0 Å². The van der Waals surface area contributed by atoms with Crippen LogP contribution >= 0.6 is 15.9 Å². The second kappa shape index (κ2) is 10.6. The van der Waals surface area contributed by atoms with Crippen LogP contribution < -0.4 is 10.2 Å². The van der Waals surface area contributed by atoms with E-state index in [0.717, 1.165) is 4.90 Å². The average molecular weight is 652 g/mol. The lowest BCUT2D eigenvalue weighted by Crippen LogP contribution is -2.52. The maximum Gasteiger partial charge on any atom is 0.416 e. The van der Waals surface area contributed by atoms with Gasteiger partial charge in [0, 0.05) is 17.6 Å². The molecular weight excluding hydrogens is 629 g/mol. The van der Waals surface area contributed by atoms with Crippen LogP contribution in [0.5, 0.6) is 0 Å². The summed E-state index contributed by atoms with van der Waals surface area (Å²) in [6.07, 6.45) is -20.7. The predicted molar refractivity (Wildman–Crippen MR) is 127 cm³/mol. The van der Waals surface area contributed by atoms with Gasteiger partial charge in [-0.05, 0) is 79.0 Å². The summed E-state index contributed by atoms with van der Waals surface area (Å²) in [7, 11) is 0. The van der Waals surface area contributed by atoms with Gasteiger partial charge in [-0.3, -0.25) is 0 Å². The van der Waals surface area contributed by atoms with Crippen molar-refractivity contribution in [2.75, 3.05) is 11.4 Å². The fourth-order valence-corrected chi connectivity index (χ4v) is 4.65. The second-order valence-corrected chi connectivity index (χ2v) is 10.9. The number of nitrogens with one attached hydrogen (secondary N) is 1. The molecule has 2 aromatic rings. The molecule has 40 heavy (non-hydrogen) atoms. The average Bonchev–Trinajstić information content (AvgIpc) is 3.13. The number of carbonyl (C=O) groups excluding carboxylic acids is 1. The third-order valence-corrected chi connectivity index (χ3v) is 6.82. The number of aliphatic hydroxyl groups is 1. The molecule has 16 heteroatoms. The summed E-state index contributed by atoms with van der Waals surface area (Å²) in [6, 6.07) is 2.16. The van der Waals surface area contributed by atoms with E-state index in [-0.39, 0.29) is 40.8 Å². The molecule has 1 aliphatic heterocycles. The number of hydrogen-bond donors (Lipinski definition) is 2. The van der Waals surface area contributed by atoms with Gasteiger partial charge in [-0.15, -0.1) is 0 Å². The molecule has 0 radical (unpaired) electrons. The monoisotopic (exact) mass is 651 g/mol. The topological polar surface area (TPSA) is 74.7 Å². The highest BCUT2D eigenvalue weighted by Crippen LogP contribution is 2.53. The molecule has 0 spiro atoms. The fourth-order valence-electron chi connectivity index (χ4n) is 4.22. The number of rotatable bonds is 4. The van der Waals surface area contributed by atoms with Gasteiger partial charge in [-0.25, -0.2) is 9.78 Å². The molecule has 1 aromatic heterocycles. The third kappa shape index (κ3) is 6.58. The first-order chi connectivity index (χ1) is 18.1. The van der Waals surface area contributed by atoms with Gasteiger partial charge in [-0.2, -0.15) is 39.5 Å². The first kappa shape index (κ1) is 31.8. The smallest absolute Gasteiger partial charge is 0.416 e. The molecule has 1 saturated heterocycles. The van der Waals surface area contributed by atoms with Crippen LogP contribution in [-0.2, 0) is 29.1 Å². The van der Waals surface area contributed by atoms with Crippen molar-refractivity contribution in [1.82, 2.24) is 10.3 Å². The van der Waals surface area contributed by atoms with E-state index in [1.165, 1.54) is 12.1 Å². The van der Waals surface area contributed by atoms with Crippen LogP contribution in [0.4, 0.5) is 50.1 Å². The minimum atomic E-state index is -5.46. The van der Waals surface area contributed by atoms with Gasteiger partial charge >= 0.3 is 24.6 Å². The molecule has 0 bridgehead atoms. The van der Waals surface area contributed by atoms with Crippen LogP contribution in [0.25, 0.3) is 0 Å². The first-order valence-corrected chi connectivity index (χ1v) is 12.3. The van der Waals surface area contributed by atoms with E-state index in [0.29, 0.717) is 0 Å². The lowest BCUT2D eigenvalue weighted by atomic mass is 9.76. The number of alkyl carbamates (subject to hydrolysis) is 1. The molecule has 222 valence electrons. The van der Waals surface area contributed by atoms with Crippen LogP contribution in [0.1, 0.15) is 49.4 Å². The summed E-state index contributed by atoms with van der Waals surface area (Å²) >= 11 is 3.10. The second-order valence-electron chi connectivity index (χ2n) is 10.2. The number of ether oxygens (including phenoxy) is 1. The molecule has 0 aliphatic carbocycles. The van der Waals surface area contributed by atoms with E-state index in [1.54, 1.807) is 20.8 Å². The Morgan fingerprint density at radius 1 is 1.05 bits per heavy atom. The van der Waals surface area contributed by atoms with Crippen molar-refractivity contribution in [2.45, 2.75) is 69.5 Å². The molecule has 1 amide bonds. The molecule has 2 N–H and O–H groups in total. The molecule has 2 unspecified atom stereocenters. The summed E-state index contributed by atoms with van der Waals surface area (Å²) in [5.41, 5.74) is -9.06. The fraction of sp³-hybridized carbons (Fsp3) is 0.500. The number of anilines is 1. The standard InChI is InChI=1S/C24H23BrF9N3O3/c1-20(2,3)36-19(39)40-11-12-4-5-16(35-17(12)25)37-7-6-21(18(37)38,24(32,33)34)13-8-14(22(26,27)28)10-15(9-13)23(29,30)31/h4-5,8-10,18,38H,6-7,11H2,1-3H3,(H,36,39). The number of aliphatic hydroxyl groups excluding tert-OH is 1. The van der Waals surface area contributed by atoms with Gasteiger partial charge in [0.25, 0.3) is 0 Å². The highest BCUT2D eigenvalue weighted by molar-refractivity contribution is 9.10. The largest absolute Gasteiger partial charge is 0.445 e. The lowest BCUT2D eigenvalue weighted by molar-refractivity contribution is -0.211. The molecule has 0 saturated carbocycles. The number of hydrogen-bond acceptors (Lipinski definition) is 5. The molecule has 6 nitrogen and oxygen atoms in total. The zero-order valence-corrected chi connectivity index (χ0v) is 22.6. The van der Waals surface area contributed by atoms with Crippen molar-refractivity contribution in [3.63, 3.8) is 0 Å². The maximum atomic E-state index is 14.5. The number of alkyl halides is 9. The van der Waals surface area contributed by atoms with E-state index in [9.17, 15) is 49.4 Å². The number of halogens is 10.